The fourth-order valence-corrected chi connectivity index (χ4v) is 2.53. The number of fused-ring (bicyclic) bond motifs is 1. The van der Waals surface area contributed by atoms with E-state index in [2.05, 4.69) is 40.7 Å². The molecule has 0 fully saturated rings. The molecule has 3 nitrogen and oxygen atoms in total. The van der Waals surface area contributed by atoms with Crippen molar-refractivity contribution in [3.63, 3.8) is 0 Å². The Morgan fingerprint density at radius 3 is 2.45 bits per heavy atom. The second kappa shape index (κ2) is 5.00. The number of benzene rings is 2. The number of anilines is 1. The monoisotopic (exact) mass is 265 g/mol. The van der Waals surface area contributed by atoms with Crippen molar-refractivity contribution in [1.29, 1.82) is 0 Å². The topological polar surface area (TPSA) is 43.8 Å². The van der Waals surface area contributed by atoms with Gasteiger partial charge in [0, 0.05) is 12.2 Å². The molecule has 1 heterocycles. The summed E-state index contributed by atoms with van der Waals surface area (Å²) in [7, 11) is 0. The van der Waals surface area contributed by atoms with Crippen LogP contribution in [0.5, 0.6) is 0 Å². The van der Waals surface area contributed by atoms with E-state index in [1.165, 1.54) is 11.1 Å². The molecule has 1 aromatic heterocycles. The Morgan fingerprint density at radius 2 is 1.75 bits per heavy atom. The van der Waals surface area contributed by atoms with E-state index in [9.17, 15) is 0 Å². The summed E-state index contributed by atoms with van der Waals surface area (Å²) in [6.07, 6.45) is 1.08. The third-order valence-corrected chi connectivity index (χ3v) is 3.74. The lowest BCUT2D eigenvalue weighted by atomic mass is 10.1. The number of rotatable bonds is 3. The molecule has 20 heavy (non-hydrogen) atoms. The minimum absolute atomic E-state index is 0.759. The third-order valence-electron chi connectivity index (χ3n) is 3.74. The van der Waals surface area contributed by atoms with Crippen LogP contribution in [0.4, 0.5) is 5.69 Å². The number of nitrogens with zero attached hydrogens (tertiary/aromatic N) is 2. The van der Waals surface area contributed by atoms with E-state index >= 15 is 0 Å². The summed E-state index contributed by atoms with van der Waals surface area (Å²) < 4.78 is 2.23. The van der Waals surface area contributed by atoms with Crippen LogP contribution in [0.2, 0.25) is 0 Å². The average Bonchev–Trinajstić information content (AvgIpc) is 2.75. The zero-order valence-corrected chi connectivity index (χ0v) is 11.9. The summed E-state index contributed by atoms with van der Waals surface area (Å²) in [6.45, 7) is 5.06. The molecule has 0 aliphatic rings. The molecule has 0 bridgehead atoms. The van der Waals surface area contributed by atoms with Gasteiger partial charge in [0.05, 0.1) is 11.0 Å². The lowest BCUT2D eigenvalue weighted by Crippen LogP contribution is -2.02. The number of aromatic nitrogens is 2. The molecule has 0 saturated heterocycles. The van der Waals surface area contributed by atoms with E-state index in [-0.39, 0.29) is 0 Å². The summed E-state index contributed by atoms with van der Waals surface area (Å²) in [6, 6.07) is 14.7. The first-order valence-corrected chi connectivity index (χ1v) is 6.97. The molecule has 3 rings (SSSR count). The van der Waals surface area contributed by atoms with Gasteiger partial charge in [-0.3, -0.25) is 0 Å². The van der Waals surface area contributed by atoms with Crippen LogP contribution in [0.1, 0.15) is 23.9 Å². The minimum Gasteiger partial charge on any atom is -0.399 e. The summed E-state index contributed by atoms with van der Waals surface area (Å²) in [5.74, 6) is 1.02. The van der Waals surface area contributed by atoms with Crippen LogP contribution in [-0.4, -0.2) is 9.55 Å². The zero-order valence-electron chi connectivity index (χ0n) is 11.9. The fraction of sp³-hybridized carbons (Fsp3) is 0.235. The van der Waals surface area contributed by atoms with Crippen molar-refractivity contribution < 1.29 is 0 Å². The van der Waals surface area contributed by atoms with Gasteiger partial charge in [0.15, 0.2) is 0 Å². The number of nitrogens with two attached hydrogens (primary N) is 1. The number of imidazole rings is 1. The van der Waals surface area contributed by atoms with E-state index in [1.54, 1.807) is 0 Å². The maximum Gasteiger partial charge on any atom is 0.107 e. The Balaban J connectivity index is 1.99. The van der Waals surface area contributed by atoms with Gasteiger partial charge >= 0.3 is 0 Å². The largest absolute Gasteiger partial charge is 0.399 e. The van der Waals surface area contributed by atoms with Crippen LogP contribution in [-0.2, 0) is 13.0 Å². The van der Waals surface area contributed by atoms with Crippen LogP contribution in [0.25, 0.3) is 11.0 Å². The molecule has 0 saturated carbocycles. The molecule has 2 aromatic carbocycles. The lowest BCUT2D eigenvalue weighted by molar-refractivity contribution is 0.785. The minimum atomic E-state index is 0.759. The normalized spacial score (nSPS) is 11.1. The molecular formula is C17H19N3. The van der Waals surface area contributed by atoms with Crippen LogP contribution >= 0.6 is 0 Å². The van der Waals surface area contributed by atoms with Gasteiger partial charge in [-0.05, 0) is 42.7 Å². The standard InChI is InChI=1S/C17H19N3/c1-3-13-4-6-14(7-5-13)11-20-12(2)19-16-10-15(18)8-9-17(16)20/h4-10H,3,11,18H2,1-2H3. The van der Waals surface area contributed by atoms with Gasteiger partial charge < -0.3 is 10.3 Å². The Hall–Kier alpha value is -2.29. The van der Waals surface area contributed by atoms with E-state index in [0.29, 0.717) is 0 Å². The van der Waals surface area contributed by atoms with Crippen molar-refractivity contribution in [2.24, 2.45) is 0 Å². The highest BCUT2D eigenvalue weighted by atomic mass is 15.1. The van der Waals surface area contributed by atoms with Crippen molar-refractivity contribution >= 4 is 16.7 Å². The first-order chi connectivity index (χ1) is 9.67. The van der Waals surface area contributed by atoms with Crippen LogP contribution in [0.15, 0.2) is 42.5 Å². The Kier molecular flexibility index (Phi) is 3.18. The van der Waals surface area contributed by atoms with Crippen molar-refractivity contribution in [2.75, 3.05) is 5.73 Å². The van der Waals surface area contributed by atoms with E-state index in [4.69, 9.17) is 5.73 Å². The third kappa shape index (κ3) is 2.27. The van der Waals surface area contributed by atoms with Gasteiger partial charge in [-0.2, -0.15) is 0 Å². The highest BCUT2D eigenvalue weighted by Gasteiger charge is 2.08. The number of hydrogen-bond acceptors (Lipinski definition) is 2. The van der Waals surface area contributed by atoms with E-state index in [1.807, 2.05) is 25.1 Å². The van der Waals surface area contributed by atoms with E-state index < -0.39 is 0 Å². The second-order valence-electron chi connectivity index (χ2n) is 5.16. The van der Waals surface area contributed by atoms with Gasteiger partial charge in [0.2, 0.25) is 0 Å². The summed E-state index contributed by atoms with van der Waals surface area (Å²) in [5, 5.41) is 0. The first-order valence-electron chi connectivity index (χ1n) is 6.97. The molecule has 0 spiro atoms. The van der Waals surface area contributed by atoms with Crippen LogP contribution in [0.3, 0.4) is 0 Å². The lowest BCUT2D eigenvalue weighted by Gasteiger charge is -2.08. The molecule has 0 amide bonds. The molecular weight excluding hydrogens is 246 g/mol. The molecule has 0 atom stereocenters. The fourth-order valence-electron chi connectivity index (χ4n) is 2.53. The number of nitrogen functional groups attached to an aromatic ring is 1. The van der Waals surface area contributed by atoms with Gasteiger partial charge in [-0.15, -0.1) is 0 Å². The smallest absolute Gasteiger partial charge is 0.107 e. The highest BCUT2D eigenvalue weighted by molar-refractivity contribution is 5.79. The Morgan fingerprint density at radius 1 is 1.05 bits per heavy atom. The van der Waals surface area contributed by atoms with Gasteiger partial charge in [0.25, 0.3) is 0 Å². The zero-order chi connectivity index (χ0) is 14.1. The van der Waals surface area contributed by atoms with Crippen molar-refractivity contribution in [3.8, 4) is 0 Å². The van der Waals surface area contributed by atoms with Gasteiger partial charge in [0.1, 0.15) is 5.82 Å². The Labute approximate surface area is 119 Å². The van der Waals surface area contributed by atoms with Crippen LogP contribution in [0, 0.1) is 6.92 Å². The summed E-state index contributed by atoms with van der Waals surface area (Å²) >= 11 is 0. The molecule has 3 heteroatoms. The molecule has 102 valence electrons. The van der Waals surface area contributed by atoms with Crippen molar-refractivity contribution in [1.82, 2.24) is 9.55 Å². The SMILES string of the molecule is CCc1ccc(Cn2c(C)nc3cc(N)ccc32)cc1. The maximum absolute atomic E-state index is 5.82. The molecule has 0 unspecified atom stereocenters. The van der Waals surface area contributed by atoms with Gasteiger partial charge in [-0.1, -0.05) is 31.2 Å². The first kappa shape index (κ1) is 12.7. The summed E-state index contributed by atoms with van der Waals surface area (Å²) in [5.41, 5.74) is 11.3. The molecule has 0 aliphatic heterocycles. The quantitative estimate of drug-likeness (QED) is 0.736. The number of hydrogen-bond donors (Lipinski definition) is 1. The van der Waals surface area contributed by atoms with Crippen molar-refractivity contribution in [3.05, 3.63) is 59.4 Å². The molecule has 0 radical (unpaired) electrons. The predicted octanol–water partition coefficient (Wildman–Crippen LogP) is 3.54. The average molecular weight is 265 g/mol. The summed E-state index contributed by atoms with van der Waals surface area (Å²) in [4.78, 5) is 4.59. The van der Waals surface area contributed by atoms with E-state index in [0.717, 1.165) is 35.5 Å². The van der Waals surface area contributed by atoms with Gasteiger partial charge in [-0.25, -0.2) is 4.98 Å². The second-order valence-corrected chi connectivity index (χ2v) is 5.16. The predicted molar refractivity (Wildman–Crippen MR) is 83.8 cm³/mol. The molecule has 0 aliphatic carbocycles. The molecule has 2 N–H and O–H groups in total. The Bertz CT molecular complexity index is 739. The van der Waals surface area contributed by atoms with Crippen molar-refractivity contribution in [2.45, 2.75) is 26.8 Å². The molecule has 3 aromatic rings. The number of aryl methyl sites for hydroxylation is 2. The highest BCUT2D eigenvalue weighted by Crippen LogP contribution is 2.20. The van der Waals surface area contributed by atoms with Crippen LogP contribution < -0.4 is 5.73 Å². The maximum atomic E-state index is 5.82.